The van der Waals surface area contributed by atoms with Crippen LogP contribution in [-0.4, -0.2) is 47.3 Å². The number of aryl methyl sites for hydroxylation is 1. The smallest absolute Gasteiger partial charge is 0.193 e. The summed E-state index contributed by atoms with van der Waals surface area (Å²) in [6.07, 6.45) is 6.32. The number of nitrogens with one attached hydrogen (secondary N) is 1. The third kappa shape index (κ3) is 5.77. The Kier molecular flexibility index (Phi) is 7.00. The van der Waals surface area contributed by atoms with E-state index in [-0.39, 0.29) is 0 Å². The fourth-order valence-electron chi connectivity index (χ4n) is 1.82. The summed E-state index contributed by atoms with van der Waals surface area (Å²) in [5.41, 5.74) is 1.19. The maximum absolute atomic E-state index is 4.64. The third-order valence-electron chi connectivity index (χ3n) is 2.90. The summed E-state index contributed by atoms with van der Waals surface area (Å²) in [6.45, 7) is 9.87. The molecule has 5 heteroatoms. The normalized spacial score (nSPS) is 11.7. The molecule has 1 heterocycles. The van der Waals surface area contributed by atoms with Gasteiger partial charge in [-0.2, -0.15) is 5.10 Å². The highest BCUT2D eigenvalue weighted by atomic mass is 15.3. The van der Waals surface area contributed by atoms with Gasteiger partial charge in [-0.1, -0.05) is 13.3 Å². The van der Waals surface area contributed by atoms with Crippen molar-refractivity contribution in [3.05, 3.63) is 18.0 Å². The molecule has 0 saturated carbocycles. The van der Waals surface area contributed by atoms with Crippen LogP contribution in [0.5, 0.6) is 0 Å². The van der Waals surface area contributed by atoms with Crippen molar-refractivity contribution in [3.63, 3.8) is 0 Å². The van der Waals surface area contributed by atoms with Gasteiger partial charge in [0, 0.05) is 26.3 Å². The van der Waals surface area contributed by atoms with Gasteiger partial charge >= 0.3 is 0 Å². The molecule has 1 rings (SSSR count). The van der Waals surface area contributed by atoms with Gasteiger partial charge in [-0.15, -0.1) is 0 Å². The Balaban J connectivity index is 2.47. The number of unbranched alkanes of at least 4 members (excludes halogenated alkanes) is 1. The summed E-state index contributed by atoms with van der Waals surface area (Å²) in [5.74, 6) is 0.986. The molecule has 0 aliphatic carbocycles. The quantitative estimate of drug-likeness (QED) is 0.605. The molecule has 1 aromatic rings. The minimum absolute atomic E-state index is 0.750. The number of aromatic nitrogens is 2. The summed E-state index contributed by atoms with van der Waals surface area (Å²) in [6, 6.07) is 0. The Morgan fingerprint density at radius 2 is 2.26 bits per heavy atom. The van der Waals surface area contributed by atoms with Crippen LogP contribution in [0.1, 0.15) is 32.3 Å². The summed E-state index contributed by atoms with van der Waals surface area (Å²) in [7, 11) is 2.09. The fraction of sp³-hybridized carbons (Fsp3) is 0.714. The van der Waals surface area contributed by atoms with Gasteiger partial charge in [0.2, 0.25) is 0 Å². The molecule has 1 aromatic heterocycles. The standard InChI is InChI=1S/C14H27N5/c1-5-7-9-18(4)14(15-6-2)16-8-10-19-12-13(3)11-17-19/h11-12H,5-10H2,1-4H3,(H,15,16). The highest BCUT2D eigenvalue weighted by Gasteiger charge is 2.04. The lowest BCUT2D eigenvalue weighted by molar-refractivity contribution is 0.463. The van der Waals surface area contributed by atoms with Crippen LogP contribution in [0.4, 0.5) is 0 Å². The van der Waals surface area contributed by atoms with Crippen molar-refractivity contribution in [1.29, 1.82) is 0 Å². The van der Waals surface area contributed by atoms with E-state index in [4.69, 9.17) is 0 Å². The topological polar surface area (TPSA) is 45.5 Å². The van der Waals surface area contributed by atoms with E-state index in [0.29, 0.717) is 0 Å². The average molecular weight is 265 g/mol. The summed E-state index contributed by atoms with van der Waals surface area (Å²) >= 11 is 0. The Labute approximate surface area is 116 Å². The Hall–Kier alpha value is -1.52. The van der Waals surface area contributed by atoms with Crippen LogP contribution < -0.4 is 5.32 Å². The molecule has 1 N–H and O–H groups in total. The Bertz CT molecular complexity index is 383. The lowest BCUT2D eigenvalue weighted by atomic mass is 10.3. The molecule has 108 valence electrons. The third-order valence-corrected chi connectivity index (χ3v) is 2.90. The molecule has 0 radical (unpaired) electrons. The molecule has 0 amide bonds. The Morgan fingerprint density at radius 3 is 2.84 bits per heavy atom. The number of hydrogen-bond donors (Lipinski definition) is 1. The SMILES string of the molecule is CCCCN(C)C(=NCCn1cc(C)cn1)NCC. The van der Waals surface area contributed by atoms with Crippen molar-refractivity contribution < 1.29 is 0 Å². The maximum atomic E-state index is 4.64. The van der Waals surface area contributed by atoms with Gasteiger partial charge in [-0.05, 0) is 25.8 Å². The lowest BCUT2D eigenvalue weighted by Gasteiger charge is -2.21. The maximum Gasteiger partial charge on any atom is 0.193 e. The molecule has 0 atom stereocenters. The van der Waals surface area contributed by atoms with Crippen molar-refractivity contribution >= 4 is 5.96 Å². The number of nitrogens with zero attached hydrogens (tertiary/aromatic N) is 4. The lowest BCUT2D eigenvalue weighted by Crippen LogP contribution is -2.39. The first kappa shape index (κ1) is 15.5. The first-order chi connectivity index (χ1) is 9.17. The van der Waals surface area contributed by atoms with Crippen LogP contribution in [0.15, 0.2) is 17.4 Å². The second-order valence-electron chi connectivity index (χ2n) is 4.79. The van der Waals surface area contributed by atoms with Crippen LogP contribution in [0.25, 0.3) is 0 Å². The first-order valence-electron chi connectivity index (χ1n) is 7.15. The van der Waals surface area contributed by atoms with Gasteiger partial charge in [0.05, 0.1) is 19.3 Å². The van der Waals surface area contributed by atoms with E-state index < -0.39 is 0 Å². The van der Waals surface area contributed by atoms with Crippen molar-refractivity contribution in [3.8, 4) is 0 Å². The van der Waals surface area contributed by atoms with E-state index in [1.165, 1.54) is 18.4 Å². The molecule has 0 fully saturated rings. The van der Waals surface area contributed by atoms with E-state index in [2.05, 4.69) is 48.1 Å². The highest BCUT2D eigenvalue weighted by molar-refractivity contribution is 5.79. The van der Waals surface area contributed by atoms with Crippen molar-refractivity contribution in [2.75, 3.05) is 26.7 Å². The molecule has 0 spiro atoms. The Morgan fingerprint density at radius 1 is 1.47 bits per heavy atom. The van der Waals surface area contributed by atoms with Crippen molar-refractivity contribution in [2.45, 2.75) is 40.2 Å². The van der Waals surface area contributed by atoms with E-state index in [1.807, 2.05) is 17.1 Å². The minimum Gasteiger partial charge on any atom is -0.357 e. The summed E-state index contributed by atoms with van der Waals surface area (Å²) in [4.78, 5) is 6.84. The van der Waals surface area contributed by atoms with Gasteiger partial charge in [0.15, 0.2) is 5.96 Å². The molecule has 0 saturated heterocycles. The molecule has 0 unspecified atom stereocenters. The number of rotatable bonds is 7. The predicted molar refractivity (Wildman–Crippen MR) is 80.5 cm³/mol. The van der Waals surface area contributed by atoms with Gasteiger partial charge in [-0.3, -0.25) is 9.67 Å². The van der Waals surface area contributed by atoms with E-state index in [0.717, 1.165) is 32.1 Å². The zero-order valence-electron chi connectivity index (χ0n) is 12.7. The molecule has 5 nitrogen and oxygen atoms in total. The molecule has 0 aliphatic heterocycles. The molecular weight excluding hydrogens is 238 g/mol. The van der Waals surface area contributed by atoms with Crippen molar-refractivity contribution in [2.24, 2.45) is 4.99 Å². The predicted octanol–water partition coefficient (Wildman–Crippen LogP) is 1.89. The van der Waals surface area contributed by atoms with Gasteiger partial charge in [0.25, 0.3) is 0 Å². The highest BCUT2D eigenvalue weighted by Crippen LogP contribution is 1.96. The number of guanidine groups is 1. The molecular formula is C14H27N5. The zero-order chi connectivity index (χ0) is 14.1. The summed E-state index contributed by atoms with van der Waals surface area (Å²) in [5, 5.41) is 7.60. The van der Waals surface area contributed by atoms with Crippen LogP contribution in [0, 0.1) is 6.92 Å². The second kappa shape index (κ2) is 8.56. The zero-order valence-corrected chi connectivity index (χ0v) is 12.7. The van der Waals surface area contributed by atoms with Crippen molar-refractivity contribution in [1.82, 2.24) is 20.0 Å². The second-order valence-corrected chi connectivity index (χ2v) is 4.79. The average Bonchev–Trinajstić information content (AvgIpc) is 2.80. The van der Waals surface area contributed by atoms with Gasteiger partial charge in [-0.25, -0.2) is 0 Å². The van der Waals surface area contributed by atoms with Gasteiger partial charge < -0.3 is 10.2 Å². The van der Waals surface area contributed by atoms with Crippen LogP contribution in [0.3, 0.4) is 0 Å². The first-order valence-corrected chi connectivity index (χ1v) is 7.15. The van der Waals surface area contributed by atoms with Crippen LogP contribution >= 0.6 is 0 Å². The largest absolute Gasteiger partial charge is 0.357 e. The van der Waals surface area contributed by atoms with Crippen LogP contribution in [-0.2, 0) is 6.54 Å². The number of aliphatic imine (C=N–C) groups is 1. The monoisotopic (exact) mass is 265 g/mol. The molecule has 0 bridgehead atoms. The minimum atomic E-state index is 0.750. The van der Waals surface area contributed by atoms with E-state index >= 15 is 0 Å². The van der Waals surface area contributed by atoms with Crippen LogP contribution in [0.2, 0.25) is 0 Å². The summed E-state index contributed by atoms with van der Waals surface area (Å²) < 4.78 is 1.94. The molecule has 0 aliphatic rings. The molecule has 0 aromatic carbocycles. The number of hydrogen-bond acceptors (Lipinski definition) is 2. The van der Waals surface area contributed by atoms with Gasteiger partial charge in [0.1, 0.15) is 0 Å². The fourth-order valence-corrected chi connectivity index (χ4v) is 1.82. The van der Waals surface area contributed by atoms with E-state index in [1.54, 1.807) is 0 Å². The molecule has 19 heavy (non-hydrogen) atoms. The van der Waals surface area contributed by atoms with E-state index in [9.17, 15) is 0 Å².